The number of aliphatic carboxylic acids is 2. The van der Waals surface area contributed by atoms with Crippen molar-refractivity contribution in [1.82, 2.24) is 0 Å². The average Bonchev–Trinajstić information content (AvgIpc) is 2.55. The monoisotopic (exact) mass is 359 g/mol. The molecule has 1 aliphatic rings. The van der Waals surface area contributed by atoms with Gasteiger partial charge in [-0.25, -0.2) is 4.79 Å². The third kappa shape index (κ3) is 4.99. The summed E-state index contributed by atoms with van der Waals surface area (Å²) < 4.78 is 5.03. The molecule has 7 N–H and O–H groups in total. The first kappa shape index (κ1) is 20.6. The smallest absolute Gasteiger partial charge is 0.328 e. The second-order valence-corrected chi connectivity index (χ2v) is 5.24. The van der Waals surface area contributed by atoms with Crippen LogP contribution in [0.15, 0.2) is 23.5 Å². The molecule has 11 nitrogen and oxygen atoms in total. The Morgan fingerprint density at radius 2 is 1.40 bits per heavy atom. The number of carbonyl (C=O) groups is 2. The lowest BCUT2D eigenvalue weighted by Crippen LogP contribution is -2.64. The first-order chi connectivity index (χ1) is 11.6. The number of aliphatic hydroxyl groups excluding tert-OH is 5. The summed E-state index contributed by atoms with van der Waals surface area (Å²) in [7, 11) is 0. The molecule has 1 saturated carbocycles. The average molecular weight is 359 g/mol. The van der Waals surface area contributed by atoms with Gasteiger partial charge in [0.1, 0.15) is 36.6 Å². The number of nitriles is 1. The molecule has 6 atom stereocenters. The summed E-state index contributed by atoms with van der Waals surface area (Å²) in [5, 5.41) is 75.0. The molecular weight excluding hydrogens is 342 g/mol. The van der Waals surface area contributed by atoms with Crippen molar-refractivity contribution in [3.63, 3.8) is 0 Å². The SMILES string of the molecule is N#C/C(OC1[C@@H](O)[C@@H](O)C(O)[C@@H](O)[C@H]1O)=C(\C=C\C(=O)O)CC(=O)O. The molecule has 0 aliphatic heterocycles. The number of hydrogen-bond donors (Lipinski definition) is 7. The van der Waals surface area contributed by atoms with Crippen molar-refractivity contribution in [1.29, 1.82) is 5.26 Å². The Labute approximate surface area is 140 Å². The van der Waals surface area contributed by atoms with Crippen molar-refractivity contribution >= 4 is 11.9 Å². The summed E-state index contributed by atoms with van der Waals surface area (Å²) >= 11 is 0. The minimum Gasteiger partial charge on any atom is -0.481 e. The molecule has 1 rings (SSSR count). The van der Waals surface area contributed by atoms with Crippen LogP contribution in [0.2, 0.25) is 0 Å². The van der Waals surface area contributed by atoms with E-state index in [0.717, 1.165) is 6.08 Å². The molecule has 0 aromatic carbocycles. The lowest BCUT2D eigenvalue weighted by molar-refractivity contribution is -0.226. The molecule has 25 heavy (non-hydrogen) atoms. The van der Waals surface area contributed by atoms with E-state index >= 15 is 0 Å². The fourth-order valence-electron chi connectivity index (χ4n) is 2.20. The van der Waals surface area contributed by atoms with Gasteiger partial charge in [0.05, 0.1) is 6.42 Å². The van der Waals surface area contributed by atoms with E-state index in [1.807, 2.05) is 0 Å². The highest BCUT2D eigenvalue weighted by atomic mass is 16.5. The van der Waals surface area contributed by atoms with Gasteiger partial charge in [-0.15, -0.1) is 0 Å². The van der Waals surface area contributed by atoms with Gasteiger partial charge in [0.2, 0.25) is 5.76 Å². The van der Waals surface area contributed by atoms with Gasteiger partial charge < -0.3 is 40.5 Å². The molecule has 11 heteroatoms. The Morgan fingerprint density at radius 3 is 1.80 bits per heavy atom. The summed E-state index contributed by atoms with van der Waals surface area (Å²) in [5.41, 5.74) is -0.382. The Balaban J connectivity index is 3.20. The lowest BCUT2D eigenvalue weighted by Gasteiger charge is -2.41. The predicted molar refractivity (Wildman–Crippen MR) is 76.6 cm³/mol. The van der Waals surface area contributed by atoms with Crippen LogP contribution in [0.25, 0.3) is 0 Å². The van der Waals surface area contributed by atoms with Gasteiger partial charge in [0.25, 0.3) is 0 Å². The third-order valence-electron chi connectivity index (χ3n) is 3.49. The molecule has 0 spiro atoms. The molecule has 138 valence electrons. The molecule has 0 aromatic heterocycles. The normalized spacial score (nSPS) is 33.4. The van der Waals surface area contributed by atoms with Crippen molar-refractivity contribution in [2.45, 2.75) is 43.0 Å². The first-order valence-electron chi connectivity index (χ1n) is 6.93. The second-order valence-electron chi connectivity index (χ2n) is 5.24. The maximum atomic E-state index is 10.9. The highest BCUT2D eigenvalue weighted by molar-refractivity contribution is 5.81. The van der Waals surface area contributed by atoms with Crippen LogP contribution in [0.1, 0.15) is 6.42 Å². The highest BCUT2D eigenvalue weighted by Crippen LogP contribution is 2.27. The summed E-state index contributed by atoms with van der Waals surface area (Å²) in [6.45, 7) is 0. The maximum absolute atomic E-state index is 10.9. The van der Waals surface area contributed by atoms with Crippen LogP contribution in [0.3, 0.4) is 0 Å². The van der Waals surface area contributed by atoms with Crippen LogP contribution in [-0.2, 0) is 14.3 Å². The van der Waals surface area contributed by atoms with E-state index < -0.39 is 60.7 Å². The van der Waals surface area contributed by atoms with Crippen LogP contribution in [0, 0.1) is 11.3 Å². The van der Waals surface area contributed by atoms with E-state index in [2.05, 4.69) is 0 Å². The van der Waals surface area contributed by atoms with E-state index in [4.69, 9.17) is 20.2 Å². The number of hydrogen-bond acceptors (Lipinski definition) is 9. The van der Waals surface area contributed by atoms with Gasteiger partial charge in [-0.1, -0.05) is 0 Å². The van der Waals surface area contributed by atoms with Gasteiger partial charge in [-0.3, -0.25) is 4.79 Å². The lowest BCUT2D eigenvalue weighted by atomic mass is 9.85. The van der Waals surface area contributed by atoms with Gasteiger partial charge in [0, 0.05) is 11.6 Å². The van der Waals surface area contributed by atoms with Crippen molar-refractivity contribution in [2.24, 2.45) is 0 Å². The topological polar surface area (TPSA) is 209 Å². The molecule has 0 heterocycles. The van der Waals surface area contributed by atoms with E-state index in [-0.39, 0.29) is 5.57 Å². The summed E-state index contributed by atoms with van der Waals surface area (Å²) in [5.74, 6) is -3.58. The number of carboxylic acid groups (broad SMARTS) is 2. The van der Waals surface area contributed by atoms with Crippen LogP contribution >= 0.6 is 0 Å². The molecule has 2 unspecified atom stereocenters. The van der Waals surface area contributed by atoms with Crippen molar-refractivity contribution in [3.8, 4) is 6.07 Å². The molecule has 0 saturated heterocycles. The van der Waals surface area contributed by atoms with E-state index in [1.165, 1.54) is 6.07 Å². The van der Waals surface area contributed by atoms with Crippen LogP contribution in [-0.4, -0.2) is 84.3 Å². The fraction of sp³-hybridized carbons (Fsp3) is 0.500. The third-order valence-corrected chi connectivity index (χ3v) is 3.49. The largest absolute Gasteiger partial charge is 0.481 e. The zero-order valence-electron chi connectivity index (χ0n) is 12.6. The molecule has 0 radical (unpaired) electrons. The molecule has 1 aliphatic carbocycles. The zero-order valence-corrected chi connectivity index (χ0v) is 12.6. The summed E-state index contributed by atoms with van der Waals surface area (Å²) in [4.78, 5) is 21.4. The second kappa shape index (κ2) is 8.56. The Bertz CT molecular complexity index is 606. The van der Waals surface area contributed by atoms with Crippen LogP contribution in [0.4, 0.5) is 0 Å². The van der Waals surface area contributed by atoms with Gasteiger partial charge in [-0.05, 0) is 6.08 Å². The van der Waals surface area contributed by atoms with Crippen LogP contribution in [0.5, 0.6) is 0 Å². The van der Waals surface area contributed by atoms with Gasteiger partial charge in [0.15, 0.2) is 6.10 Å². The zero-order chi connectivity index (χ0) is 19.3. The van der Waals surface area contributed by atoms with Crippen molar-refractivity contribution in [2.75, 3.05) is 0 Å². The van der Waals surface area contributed by atoms with E-state index in [9.17, 15) is 35.1 Å². The maximum Gasteiger partial charge on any atom is 0.328 e. The Kier molecular flexibility index (Phi) is 7.04. The van der Waals surface area contributed by atoms with Crippen molar-refractivity contribution < 1.29 is 50.1 Å². The van der Waals surface area contributed by atoms with E-state index in [1.54, 1.807) is 0 Å². The standard InChI is InChI=1S/C14H17NO10/c15-4-6(5(3-8(18)19)1-2-7(16)17)25-14-12(23)10(21)9(20)11(22)13(14)24/h1-2,9-14,20-24H,3H2,(H,16,17)(H,18,19)/b2-1+,6-5-/t9?,10-,11+,12-,13+,14?. The number of rotatable bonds is 6. The highest BCUT2D eigenvalue weighted by Gasteiger charge is 2.50. The first-order valence-corrected chi connectivity index (χ1v) is 6.93. The predicted octanol–water partition coefficient (Wildman–Crippen LogP) is -2.92. The molecule has 0 amide bonds. The number of aliphatic hydroxyl groups is 5. The summed E-state index contributed by atoms with van der Waals surface area (Å²) in [6.07, 6.45) is -10.7. The number of carboxylic acids is 2. The molecule has 0 aromatic rings. The van der Waals surface area contributed by atoms with Crippen molar-refractivity contribution in [3.05, 3.63) is 23.5 Å². The minimum absolute atomic E-state index is 0.382. The van der Waals surface area contributed by atoms with E-state index in [0.29, 0.717) is 6.08 Å². The Hall–Kier alpha value is -2.49. The van der Waals surface area contributed by atoms with Gasteiger partial charge in [-0.2, -0.15) is 5.26 Å². The van der Waals surface area contributed by atoms with Crippen LogP contribution < -0.4 is 0 Å². The fourth-order valence-corrected chi connectivity index (χ4v) is 2.20. The summed E-state index contributed by atoms with van der Waals surface area (Å²) in [6, 6.07) is 1.46. The number of ether oxygens (including phenoxy) is 1. The molecule has 0 bridgehead atoms. The molecule has 1 fully saturated rings. The minimum atomic E-state index is -1.91. The Morgan fingerprint density at radius 1 is 0.920 bits per heavy atom. The van der Waals surface area contributed by atoms with Gasteiger partial charge >= 0.3 is 11.9 Å². The number of allylic oxidation sites excluding steroid dienone is 2. The molecular formula is C14H17NO10. The quantitative estimate of drug-likeness (QED) is 0.110. The number of nitrogens with zero attached hydrogens (tertiary/aromatic N) is 1.